The third-order valence-corrected chi connectivity index (χ3v) is 3.23. The summed E-state index contributed by atoms with van der Waals surface area (Å²) in [6.07, 6.45) is 4.91. The predicted octanol–water partition coefficient (Wildman–Crippen LogP) is -0.0113. The normalized spacial score (nSPS) is 18.0. The Morgan fingerprint density at radius 2 is 2.47 bits per heavy atom. The molecule has 1 atom stereocenters. The van der Waals surface area contributed by atoms with Crippen LogP contribution in [-0.4, -0.2) is 46.6 Å². The maximum absolute atomic E-state index is 12.5. The van der Waals surface area contributed by atoms with Gasteiger partial charge in [0, 0.05) is 18.9 Å². The highest BCUT2D eigenvalue weighted by Crippen LogP contribution is 2.20. The molecule has 1 aliphatic heterocycles. The van der Waals surface area contributed by atoms with Gasteiger partial charge < -0.3 is 15.7 Å². The van der Waals surface area contributed by atoms with E-state index in [0.717, 1.165) is 12.8 Å². The number of carbonyl (C=O) groups is 1. The van der Waals surface area contributed by atoms with E-state index >= 15 is 0 Å². The lowest BCUT2D eigenvalue weighted by molar-refractivity contribution is 0.0677. The second-order valence-electron chi connectivity index (χ2n) is 4.40. The van der Waals surface area contributed by atoms with E-state index in [1.807, 2.05) is 0 Å². The zero-order valence-corrected chi connectivity index (χ0v) is 10.7. The van der Waals surface area contributed by atoms with Gasteiger partial charge in [-0.3, -0.25) is 9.78 Å². The molecule has 0 bridgehead atoms. The number of amides is 1. The molecule has 1 fully saturated rings. The van der Waals surface area contributed by atoms with Crippen LogP contribution >= 0.6 is 0 Å². The average molecular weight is 259 g/mol. The minimum atomic E-state index is -0.0970. The molecule has 2 rings (SSSR count). The van der Waals surface area contributed by atoms with Crippen LogP contribution in [0.5, 0.6) is 0 Å². The van der Waals surface area contributed by atoms with Gasteiger partial charge in [-0.25, -0.2) is 0 Å². The van der Waals surface area contributed by atoms with E-state index in [2.05, 4.69) is 16.8 Å². The topological polar surface area (TPSA) is 79.5 Å². The first kappa shape index (κ1) is 13.5. The Kier molecular flexibility index (Phi) is 4.50. The summed E-state index contributed by atoms with van der Waals surface area (Å²) in [6, 6.07) is 1.58. The summed E-state index contributed by atoms with van der Waals surface area (Å²) < 4.78 is 0. The van der Waals surface area contributed by atoms with Gasteiger partial charge in [-0.1, -0.05) is 11.8 Å². The molecular weight excluding hydrogens is 242 g/mol. The van der Waals surface area contributed by atoms with Gasteiger partial charge in [-0.05, 0) is 18.9 Å². The Labute approximate surface area is 112 Å². The lowest BCUT2D eigenvalue weighted by Crippen LogP contribution is -2.38. The second-order valence-corrected chi connectivity index (χ2v) is 4.40. The predicted molar refractivity (Wildman–Crippen MR) is 71.3 cm³/mol. The van der Waals surface area contributed by atoms with Gasteiger partial charge in [0.25, 0.3) is 5.91 Å². The van der Waals surface area contributed by atoms with E-state index in [4.69, 9.17) is 5.73 Å². The Morgan fingerprint density at radius 1 is 1.63 bits per heavy atom. The molecule has 0 aromatic carbocycles. The molecule has 0 aliphatic carbocycles. The lowest BCUT2D eigenvalue weighted by atomic mass is 10.1. The highest BCUT2D eigenvalue weighted by Gasteiger charge is 2.29. The summed E-state index contributed by atoms with van der Waals surface area (Å²) >= 11 is 0. The van der Waals surface area contributed by atoms with Gasteiger partial charge in [0.1, 0.15) is 0 Å². The SMILES string of the molecule is NCC#Cc1cnccc1C(=O)N1CCCC1CO. The largest absolute Gasteiger partial charge is 0.394 e. The third-order valence-electron chi connectivity index (χ3n) is 3.23. The number of likely N-dealkylation sites (tertiary alicyclic amines) is 1. The fourth-order valence-electron chi connectivity index (χ4n) is 2.27. The van der Waals surface area contributed by atoms with Gasteiger partial charge in [0.05, 0.1) is 30.3 Å². The van der Waals surface area contributed by atoms with Crippen molar-refractivity contribution in [3.63, 3.8) is 0 Å². The maximum atomic E-state index is 12.5. The summed E-state index contributed by atoms with van der Waals surface area (Å²) in [7, 11) is 0. The number of carbonyl (C=O) groups excluding carboxylic acids is 1. The first-order valence-corrected chi connectivity index (χ1v) is 6.32. The number of aliphatic hydroxyl groups is 1. The van der Waals surface area contributed by atoms with Crippen LogP contribution in [0, 0.1) is 11.8 Å². The van der Waals surface area contributed by atoms with Gasteiger partial charge in [0.15, 0.2) is 0 Å². The number of aliphatic hydroxyl groups excluding tert-OH is 1. The van der Waals surface area contributed by atoms with Crippen molar-refractivity contribution in [1.82, 2.24) is 9.88 Å². The van der Waals surface area contributed by atoms with Crippen LogP contribution in [0.25, 0.3) is 0 Å². The van der Waals surface area contributed by atoms with Crippen LogP contribution in [0.4, 0.5) is 0 Å². The molecule has 3 N–H and O–H groups in total. The van der Waals surface area contributed by atoms with Crippen LogP contribution in [-0.2, 0) is 0 Å². The van der Waals surface area contributed by atoms with Crippen molar-refractivity contribution in [1.29, 1.82) is 0 Å². The van der Waals surface area contributed by atoms with Gasteiger partial charge >= 0.3 is 0 Å². The van der Waals surface area contributed by atoms with E-state index in [9.17, 15) is 9.90 Å². The van der Waals surface area contributed by atoms with E-state index in [-0.39, 0.29) is 25.1 Å². The summed E-state index contributed by atoms with van der Waals surface area (Å²) in [5.74, 6) is 5.50. The number of hydrogen-bond acceptors (Lipinski definition) is 4. The molecule has 1 aromatic rings. The zero-order valence-electron chi connectivity index (χ0n) is 10.7. The number of aromatic nitrogens is 1. The second kappa shape index (κ2) is 6.32. The van der Waals surface area contributed by atoms with Crippen LogP contribution in [0.3, 0.4) is 0 Å². The molecule has 1 amide bonds. The zero-order chi connectivity index (χ0) is 13.7. The van der Waals surface area contributed by atoms with E-state index in [1.54, 1.807) is 23.4 Å². The average Bonchev–Trinajstić information content (AvgIpc) is 2.93. The minimum Gasteiger partial charge on any atom is -0.394 e. The summed E-state index contributed by atoms with van der Waals surface area (Å²) in [6.45, 7) is 0.919. The Morgan fingerprint density at radius 3 is 3.21 bits per heavy atom. The Bertz CT molecular complexity index is 519. The Balaban J connectivity index is 2.28. The summed E-state index contributed by atoms with van der Waals surface area (Å²) in [4.78, 5) is 18.2. The summed E-state index contributed by atoms with van der Waals surface area (Å²) in [5, 5.41) is 9.29. The number of hydrogen-bond donors (Lipinski definition) is 2. The fraction of sp³-hybridized carbons (Fsp3) is 0.429. The molecule has 1 saturated heterocycles. The van der Waals surface area contributed by atoms with Crippen molar-refractivity contribution >= 4 is 5.91 Å². The molecule has 1 aromatic heterocycles. The van der Waals surface area contributed by atoms with Crippen molar-refractivity contribution in [2.45, 2.75) is 18.9 Å². The van der Waals surface area contributed by atoms with Crippen molar-refractivity contribution in [2.75, 3.05) is 19.7 Å². The number of pyridine rings is 1. The minimum absolute atomic E-state index is 0.000630. The van der Waals surface area contributed by atoms with Crippen molar-refractivity contribution in [3.05, 3.63) is 29.6 Å². The van der Waals surface area contributed by atoms with E-state index in [1.165, 1.54) is 0 Å². The Hall–Kier alpha value is -1.90. The smallest absolute Gasteiger partial charge is 0.255 e. The van der Waals surface area contributed by atoms with Gasteiger partial charge in [-0.2, -0.15) is 0 Å². The molecule has 0 spiro atoms. The van der Waals surface area contributed by atoms with E-state index < -0.39 is 0 Å². The molecule has 100 valence electrons. The molecule has 0 radical (unpaired) electrons. The monoisotopic (exact) mass is 259 g/mol. The van der Waals surface area contributed by atoms with Crippen LogP contribution in [0.2, 0.25) is 0 Å². The third kappa shape index (κ3) is 2.92. The van der Waals surface area contributed by atoms with Crippen molar-refractivity contribution in [3.8, 4) is 11.8 Å². The van der Waals surface area contributed by atoms with Crippen LogP contribution in [0.15, 0.2) is 18.5 Å². The molecule has 5 nitrogen and oxygen atoms in total. The number of rotatable bonds is 2. The van der Waals surface area contributed by atoms with Gasteiger partial charge in [0.2, 0.25) is 0 Å². The molecule has 1 aliphatic rings. The fourth-order valence-corrected chi connectivity index (χ4v) is 2.27. The highest BCUT2D eigenvalue weighted by molar-refractivity contribution is 5.97. The molecular formula is C14H17N3O2. The lowest BCUT2D eigenvalue weighted by Gasteiger charge is -2.23. The highest BCUT2D eigenvalue weighted by atomic mass is 16.3. The number of nitrogens with zero attached hydrogens (tertiary/aromatic N) is 2. The summed E-state index contributed by atoms with van der Waals surface area (Å²) in [5.41, 5.74) is 6.45. The molecule has 19 heavy (non-hydrogen) atoms. The molecule has 2 heterocycles. The molecule has 5 heteroatoms. The standard InChI is InChI=1S/C14H17N3O2/c15-6-1-3-11-9-16-7-5-13(11)14(19)17-8-2-4-12(17)10-18/h5,7,9,12,18H,2,4,6,8,10,15H2. The van der Waals surface area contributed by atoms with Crippen LogP contribution < -0.4 is 5.73 Å². The molecule has 0 saturated carbocycles. The first-order chi connectivity index (χ1) is 9.27. The quantitative estimate of drug-likeness (QED) is 0.732. The van der Waals surface area contributed by atoms with Crippen LogP contribution in [0.1, 0.15) is 28.8 Å². The van der Waals surface area contributed by atoms with Crippen molar-refractivity contribution in [2.24, 2.45) is 5.73 Å². The maximum Gasteiger partial charge on any atom is 0.255 e. The van der Waals surface area contributed by atoms with Gasteiger partial charge in [-0.15, -0.1) is 0 Å². The molecule has 1 unspecified atom stereocenters. The van der Waals surface area contributed by atoms with E-state index in [0.29, 0.717) is 17.7 Å². The van der Waals surface area contributed by atoms with Crippen molar-refractivity contribution < 1.29 is 9.90 Å². The number of nitrogens with two attached hydrogens (primary N) is 1. The first-order valence-electron chi connectivity index (χ1n) is 6.32.